The van der Waals surface area contributed by atoms with Crippen molar-refractivity contribution in [3.8, 4) is 17.2 Å². The Kier molecular flexibility index (Phi) is 5.14. The van der Waals surface area contributed by atoms with Crippen molar-refractivity contribution in [3.63, 3.8) is 0 Å². The van der Waals surface area contributed by atoms with Gasteiger partial charge in [0.2, 0.25) is 11.8 Å². The molecule has 0 aliphatic heterocycles. The number of aromatic nitrogens is 2. The third-order valence-corrected chi connectivity index (χ3v) is 4.11. The van der Waals surface area contributed by atoms with E-state index in [2.05, 4.69) is 15.5 Å². The van der Waals surface area contributed by atoms with Gasteiger partial charge in [0.15, 0.2) is 0 Å². The molecule has 0 aliphatic carbocycles. The van der Waals surface area contributed by atoms with Crippen LogP contribution in [0, 0.1) is 0 Å². The van der Waals surface area contributed by atoms with Crippen LogP contribution in [0.4, 0.5) is 5.69 Å². The quantitative estimate of drug-likeness (QED) is 0.645. The zero-order valence-electron chi connectivity index (χ0n) is 12.5. The van der Waals surface area contributed by atoms with E-state index in [1.165, 1.54) is 0 Å². The summed E-state index contributed by atoms with van der Waals surface area (Å²) in [6.07, 6.45) is 0. The molecule has 0 atom stereocenters. The first-order valence-electron chi connectivity index (χ1n) is 6.92. The van der Waals surface area contributed by atoms with E-state index >= 15 is 0 Å². The molecule has 24 heavy (non-hydrogen) atoms. The van der Waals surface area contributed by atoms with E-state index in [1.807, 2.05) is 0 Å². The van der Waals surface area contributed by atoms with Gasteiger partial charge in [-0.15, -0.1) is 10.2 Å². The minimum atomic E-state index is 0.311. The Bertz CT molecular complexity index is 868. The van der Waals surface area contributed by atoms with Gasteiger partial charge in [-0.05, 0) is 30.3 Å². The Morgan fingerprint density at radius 1 is 1.04 bits per heavy atom. The van der Waals surface area contributed by atoms with E-state index in [9.17, 15) is 0 Å². The Hall–Kier alpha value is -1.95. The molecule has 0 saturated carbocycles. The van der Waals surface area contributed by atoms with E-state index in [1.54, 1.807) is 43.5 Å². The molecule has 3 aromatic rings. The van der Waals surface area contributed by atoms with Crippen molar-refractivity contribution in [2.45, 2.75) is 6.54 Å². The normalized spacial score (nSPS) is 10.7. The van der Waals surface area contributed by atoms with Crippen LogP contribution in [0.3, 0.4) is 0 Å². The molecule has 1 N–H and O–H groups in total. The molecular weight excluding hydrogens is 373 g/mol. The van der Waals surface area contributed by atoms with Gasteiger partial charge in [0.05, 0.1) is 35.0 Å². The summed E-state index contributed by atoms with van der Waals surface area (Å²) in [5.41, 5.74) is 1.33. The molecule has 1 aromatic heterocycles. The molecule has 2 aromatic carbocycles. The van der Waals surface area contributed by atoms with Crippen LogP contribution in [-0.2, 0) is 6.54 Å². The van der Waals surface area contributed by atoms with Crippen LogP contribution < -0.4 is 10.1 Å². The lowest BCUT2D eigenvalue weighted by molar-refractivity contribution is 0.415. The van der Waals surface area contributed by atoms with E-state index in [0.29, 0.717) is 50.4 Å². The van der Waals surface area contributed by atoms with E-state index < -0.39 is 0 Å². The number of benzene rings is 2. The zero-order chi connectivity index (χ0) is 17.1. The molecule has 3 rings (SSSR count). The second-order valence-electron chi connectivity index (χ2n) is 4.82. The molecule has 0 bridgehead atoms. The number of ether oxygens (including phenoxy) is 1. The van der Waals surface area contributed by atoms with Crippen LogP contribution in [0.25, 0.3) is 11.5 Å². The first-order chi connectivity index (χ1) is 11.6. The number of nitrogens with zero attached hydrogens (tertiary/aromatic N) is 2. The third kappa shape index (κ3) is 3.75. The molecule has 0 spiro atoms. The first kappa shape index (κ1) is 16.9. The predicted molar refractivity (Wildman–Crippen MR) is 95.1 cm³/mol. The zero-order valence-corrected chi connectivity index (χ0v) is 14.8. The summed E-state index contributed by atoms with van der Waals surface area (Å²) in [5, 5.41) is 12.7. The van der Waals surface area contributed by atoms with Crippen LogP contribution in [0.15, 0.2) is 40.8 Å². The van der Waals surface area contributed by atoms with Crippen molar-refractivity contribution in [1.82, 2.24) is 10.2 Å². The highest BCUT2D eigenvalue weighted by Crippen LogP contribution is 2.30. The van der Waals surface area contributed by atoms with Crippen LogP contribution in [0.5, 0.6) is 5.75 Å². The Labute approximate surface area is 153 Å². The van der Waals surface area contributed by atoms with Crippen LogP contribution in [0.1, 0.15) is 5.89 Å². The highest BCUT2D eigenvalue weighted by atomic mass is 35.5. The smallest absolute Gasteiger partial charge is 0.249 e. The molecule has 0 radical (unpaired) electrons. The Morgan fingerprint density at radius 2 is 1.88 bits per heavy atom. The summed E-state index contributed by atoms with van der Waals surface area (Å²) >= 11 is 18.2. The van der Waals surface area contributed by atoms with Crippen molar-refractivity contribution in [2.24, 2.45) is 0 Å². The molecule has 0 fully saturated rings. The molecule has 0 amide bonds. The second kappa shape index (κ2) is 7.30. The van der Waals surface area contributed by atoms with E-state index in [4.69, 9.17) is 44.0 Å². The summed E-state index contributed by atoms with van der Waals surface area (Å²) < 4.78 is 10.8. The van der Waals surface area contributed by atoms with Crippen molar-refractivity contribution in [2.75, 3.05) is 12.4 Å². The third-order valence-electron chi connectivity index (χ3n) is 3.23. The lowest BCUT2D eigenvalue weighted by Crippen LogP contribution is -2.00. The van der Waals surface area contributed by atoms with Crippen LogP contribution in [0.2, 0.25) is 15.1 Å². The summed E-state index contributed by atoms with van der Waals surface area (Å²) in [4.78, 5) is 0. The van der Waals surface area contributed by atoms with Crippen molar-refractivity contribution in [3.05, 3.63) is 57.4 Å². The van der Waals surface area contributed by atoms with Crippen LogP contribution in [-0.4, -0.2) is 17.3 Å². The van der Waals surface area contributed by atoms with Gasteiger partial charge in [0.25, 0.3) is 0 Å². The minimum absolute atomic E-state index is 0.311. The number of hydrogen-bond donors (Lipinski definition) is 1. The second-order valence-corrected chi connectivity index (χ2v) is 6.08. The number of hydrogen-bond acceptors (Lipinski definition) is 5. The summed E-state index contributed by atoms with van der Waals surface area (Å²) in [6, 6.07) is 10.4. The predicted octanol–water partition coefficient (Wildman–Crippen LogP) is 5.32. The van der Waals surface area contributed by atoms with Gasteiger partial charge in [-0.25, -0.2) is 0 Å². The SMILES string of the molecule is COc1ccc(Cl)c(NCc2nnc(-c3ccc(Cl)cc3Cl)o2)c1. The van der Waals surface area contributed by atoms with Gasteiger partial charge < -0.3 is 14.5 Å². The highest BCUT2D eigenvalue weighted by Gasteiger charge is 2.13. The first-order valence-corrected chi connectivity index (χ1v) is 8.05. The largest absolute Gasteiger partial charge is 0.497 e. The molecule has 8 heteroatoms. The van der Waals surface area contributed by atoms with Crippen molar-refractivity contribution in [1.29, 1.82) is 0 Å². The average molecular weight is 385 g/mol. The lowest BCUT2D eigenvalue weighted by Gasteiger charge is -2.08. The number of halogens is 3. The van der Waals surface area contributed by atoms with Crippen molar-refractivity contribution < 1.29 is 9.15 Å². The summed E-state index contributed by atoms with van der Waals surface area (Å²) in [5.74, 6) is 1.42. The van der Waals surface area contributed by atoms with E-state index in [0.717, 1.165) is 0 Å². The Balaban J connectivity index is 1.75. The molecular formula is C16H12Cl3N3O2. The van der Waals surface area contributed by atoms with Crippen molar-refractivity contribution >= 4 is 40.5 Å². The fourth-order valence-corrected chi connectivity index (χ4v) is 2.71. The fraction of sp³-hybridized carbons (Fsp3) is 0.125. The molecule has 0 aliphatic rings. The maximum atomic E-state index is 6.14. The maximum absolute atomic E-state index is 6.14. The topological polar surface area (TPSA) is 60.2 Å². The maximum Gasteiger partial charge on any atom is 0.249 e. The monoisotopic (exact) mass is 383 g/mol. The average Bonchev–Trinajstić information content (AvgIpc) is 3.03. The molecule has 0 saturated heterocycles. The fourth-order valence-electron chi connectivity index (χ4n) is 2.03. The highest BCUT2D eigenvalue weighted by molar-refractivity contribution is 6.36. The van der Waals surface area contributed by atoms with Gasteiger partial charge in [-0.1, -0.05) is 34.8 Å². The molecule has 124 valence electrons. The number of rotatable bonds is 5. The van der Waals surface area contributed by atoms with Gasteiger partial charge in [-0.2, -0.15) is 0 Å². The van der Waals surface area contributed by atoms with Gasteiger partial charge >= 0.3 is 0 Å². The summed E-state index contributed by atoms with van der Waals surface area (Å²) in [6.45, 7) is 0.311. The van der Waals surface area contributed by atoms with Gasteiger partial charge in [0, 0.05) is 11.1 Å². The lowest BCUT2D eigenvalue weighted by atomic mass is 10.2. The number of nitrogens with one attached hydrogen (secondary N) is 1. The minimum Gasteiger partial charge on any atom is -0.497 e. The molecule has 5 nitrogen and oxygen atoms in total. The Morgan fingerprint density at radius 3 is 2.62 bits per heavy atom. The van der Waals surface area contributed by atoms with E-state index in [-0.39, 0.29) is 0 Å². The number of methoxy groups -OCH3 is 1. The molecule has 1 heterocycles. The number of anilines is 1. The van der Waals surface area contributed by atoms with Gasteiger partial charge in [0.1, 0.15) is 5.75 Å². The van der Waals surface area contributed by atoms with Gasteiger partial charge in [-0.3, -0.25) is 0 Å². The standard InChI is InChI=1S/C16H12Cl3N3O2/c1-23-10-3-5-12(18)14(7-10)20-8-15-21-22-16(24-15)11-4-2-9(17)6-13(11)19/h2-7,20H,8H2,1H3. The van der Waals surface area contributed by atoms with Crippen LogP contribution >= 0.6 is 34.8 Å². The summed E-state index contributed by atoms with van der Waals surface area (Å²) in [7, 11) is 1.59. The molecule has 0 unspecified atom stereocenters.